The first-order chi connectivity index (χ1) is 16.5. The Hall–Kier alpha value is -3.51. The van der Waals surface area contributed by atoms with Gasteiger partial charge in [-0.1, -0.05) is 48.9 Å². The number of unbranched alkanes of at least 4 members (excludes halogenated alkanes) is 1. The fraction of sp³-hybridized carbons (Fsp3) is 0.375. The summed E-state index contributed by atoms with van der Waals surface area (Å²) in [5.41, 5.74) is 22.8. The summed E-state index contributed by atoms with van der Waals surface area (Å²) in [6, 6.07) is 13.3. The van der Waals surface area contributed by atoms with E-state index in [-0.39, 0.29) is 12.2 Å². The highest BCUT2D eigenvalue weighted by Gasteiger charge is 2.12. The first-order valence-electron chi connectivity index (χ1n) is 10.9. The van der Waals surface area contributed by atoms with Gasteiger partial charge in [0.2, 0.25) is 0 Å². The zero-order valence-corrected chi connectivity index (χ0v) is 19.5. The minimum atomic E-state index is -1.02. The zero-order chi connectivity index (χ0) is 26.8. The SMILES string of the molecule is NC(Cc1ccc(O)cc1)C(=O)O.NC(Cc1ccccc1)C(=O)O.NCCCCC(N)C(=O)O. The monoisotopic (exact) mass is 492 g/mol. The van der Waals surface area contributed by atoms with Crippen molar-refractivity contribution < 1.29 is 34.8 Å². The molecule has 2 aromatic rings. The van der Waals surface area contributed by atoms with Gasteiger partial charge in [-0.25, -0.2) is 0 Å². The van der Waals surface area contributed by atoms with Crippen molar-refractivity contribution in [2.75, 3.05) is 6.54 Å². The molecule has 3 atom stereocenters. The largest absolute Gasteiger partial charge is 0.508 e. The topological polar surface area (TPSA) is 236 Å². The first kappa shape index (κ1) is 31.5. The third kappa shape index (κ3) is 15.9. The van der Waals surface area contributed by atoms with Crippen LogP contribution in [-0.4, -0.2) is 63.0 Å². The summed E-state index contributed by atoms with van der Waals surface area (Å²) in [6.07, 6.45) is 2.82. The predicted octanol–water partition coefficient (Wildman–Crippen LogP) is 0.515. The highest BCUT2D eigenvalue weighted by Crippen LogP contribution is 2.10. The van der Waals surface area contributed by atoms with Crippen molar-refractivity contribution in [2.45, 2.75) is 50.2 Å². The number of hydrogen-bond donors (Lipinski definition) is 8. The molecule has 0 aromatic heterocycles. The molecule has 0 fully saturated rings. The third-order valence-electron chi connectivity index (χ3n) is 4.61. The Morgan fingerprint density at radius 1 is 0.657 bits per heavy atom. The molecule has 0 radical (unpaired) electrons. The van der Waals surface area contributed by atoms with Crippen LogP contribution in [-0.2, 0) is 27.2 Å². The number of carboxylic acid groups (broad SMARTS) is 3. The summed E-state index contributed by atoms with van der Waals surface area (Å²) in [4.78, 5) is 30.9. The van der Waals surface area contributed by atoms with E-state index in [0.29, 0.717) is 19.4 Å². The second kappa shape index (κ2) is 17.9. The van der Waals surface area contributed by atoms with Gasteiger partial charge >= 0.3 is 17.9 Å². The molecular weight excluding hydrogens is 456 g/mol. The minimum Gasteiger partial charge on any atom is -0.508 e. The lowest BCUT2D eigenvalue weighted by Gasteiger charge is -2.05. The molecule has 194 valence electrons. The third-order valence-corrected chi connectivity index (χ3v) is 4.61. The number of nitrogens with two attached hydrogens (primary N) is 4. The highest BCUT2D eigenvalue weighted by atomic mass is 16.4. The van der Waals surface area contributed by atoms with E-state index >= 15 is 0 Å². The van der Waals surface area contributed by atoms with E-state index in [0.717, 1.165) is 24.0 Å². The van der Waals surface area contributed by atoms with E-state index in [1.807, 2.05) is 30.3 Å². The van der Waals surface area contributed by atoms with Gasteiger partial charge in [-0.2, -0.15) is 0 Å². The Kier molecular flexibility index (Phi) is 16.1. The minimum absolute atomic E-state index is 0.160. The molecule has 0 bridgehead atoms. The Labute approximate surface area is 204 Å². The number of aliphatic carboxylic acids is 3. The smallest absolute Gasteiger partial charge is 0.320 e. The lowest BCUT2D eigenvalue weighted by molar-refractivity contribution is -0.139. The molecule has 0 saturated heterocycles. The lowest BCUT2D eigenvalue weighted by atomic mass is 10.1. The Morgan fingerprint density at radius 2 is 1.09 bits per heavy atom. The maximum atomic E-state index is 10.4. The zero-order valence-electron chi connectivity index (χ0n) is 19.5. The van der Waals surface area contributed by atoms with E-state index in [4.69, 9.17) is 43.4 Å². The van der Waals surface area contributed by atoms with E-state index in [1.165, 1.54) is 12.1 Å². The van der Waals surface area contributed by atoms with Crippen LogP contribution in [0.2, 0.25) is 0 Å². The molecule has 3 unspecified atom stereocenters. The number of carboxylic acids is 3. The summed E-state index contributed by atoms with van der Waals surface area (Å²) >= 11 is 0. The van der Waals surface area contributed by atoms with Crippen LogP contribution >= 0.6 is 0 Å². The molecule has 0 aliphatic heterocycles. The van der Waals surface area contributed by atoms with Gasteiger partial charge in [0.1, 0.15) is 23.9 Å². The number of rotatable bonds is 11. The van der Waals surface area contributed by atoms with Crippen molar-refractivity contribution in [1.29, 1.82) is 0 Å². The van der Waals surface area contributed by atoms with Gasteiger partial charge in [0.05, 0.1) is 0 Å². The van der Waals surface area contributed by atoms with Crippen LogP contribution in [0, 0.1) is 0 Å². The van der Waals surface area contributed by atoms with Crippen molar-refractivity contribution in [1.82, 2.24) is 0 Å². The second-order valence-electron chi connectivity index (χ2n) is 7.68. The first-order valence-corrected chi connectivity index (χ1v) is 10.9. The van der Waals surface area contributed by atoms with Crippen LogP contribution in [0.25, 0.3) is 0 Å². The summed E-state index contributed by atoms with van der Waals surface area (Å²) in [5.74, 6) is -2.75. The number of phenolic OH excluding ortho intramolecular Hbond substituents is 1. The quantitative estimate of drug-likeness (QED) is 0.201. The average Bonchev–Trinajstić information content (AvgIpc) is 2.82. The number of benzene rings is 2. The Morgan fingerprint density at radius 3 is 1.49 bits per heavy atom. The summed E-state index contributed by atoms with van der Waals surface area (Å²) in [5, 5.41) is 34.3. The van der Waals surface area contributed by atoms with Gasteiger partial charge in [0.25, 0.3) is 0 Å². The molecular formula is C24H36N4O7. The average molecular weight is 493 g/mol. The number of hydrogen-bond acceptors (Lipinski definition) is 8. The molecule has 0 saturated carbocycles. The van der Waals surface area contributed by atoms with Crippen molar-refractivity contribution >= 4 is 17.9 Å². The van der Waals surface area contributed by atoms with Crippen LogP contribution in [0.3, 0.4) is 0 Å². The van der Waals surface area contributed by atoms with Gasteiger partial charge in [0, 0.05) is 0 Å². The summed E-state index contributed by atoms with van der Waals surface area (Å²) in [6.45, 7) is 0.604. The van der Waals surface area contributed by atoms with Crippen LogP contribution < -0.4 is 22.9 Å². The van der Waals surface area contributed by atoms with Gasteiger partial charge < -0.3 is 43.4 Å². The van der Waals surface area contributed by atoms with Gasteiger partial charge in [-0.05, 0) is 55.5 Å². The molecule has 0 amide bonds. The molecule has 2 aromatic carbocycles. The Bertz CT molecular complexity index is 879. The van der Waals surface area contributed by atoms with Crippen LogP contribution in [0.15, 0.2) is 54.6 Å². The highest BCUT2D eigenvalue weighted by molar-refractivity contribution is 5.74. The molecule has 11 heteroatoms. The van der Waals surface area contributed by atoms with Crippen molar-refractivity contribution in [3.05, 3.63) is 65.7 Å². The molecule has 2 rings (SSSR count). The van der Waals surface area contributed by atoms with Gasteiger partial charge in [-0.3, -0.25) is 14.4 Å². The molecule has 0 aliphatic rings. The predicted molar refractivity (Wildman–Crippen MR) is 132 cm³/mol. The summed E-state index contributed by atoms with van der Waals surface area (Å²) in [7, 11) is 0. The molecule has 11 nitrogen and oxygen atoms in total. The fourth-order valence-corrected chi connectivity index (χ4v) is 2.56. The maximum Gasteiger partial charge on any atom is 0.320 e. The lowest BCUT2D eigenvalue weighted by Crippen LogP contribution is -2.32. The number of aromatic hydroxyl groups is 1. The van der Waals surface area contributed by atoms with Crippen molar-refractivity contribution in [3.8, 4) is 5.75 Å². The molecule has 0 heterocycles. The molecule has 12 N–H and O–H groups in total. The number of carbonyl (C=O) groups is 3. The standard InChI is InChI=1S/C9H11NO3.C9H11NO2.C6H14N2O2/c10-8(9(12)13)5-6-1-3-7(11)4-2-6;10-8(9(11)12)6-7-4-2-1-3-5-7;7-4-2-1-3-5(8)6(9)10/h1-4,8,11H,5,10H2,(H,12,13);1-5,8H,6,10H2,(H,11,12);5H,1-4,7-8H2,(H,9,10). The Balaban J connectivity index is 0.000000501. The van der Waals surface area contributed by atoms with E-state index < -0.39 is 36.0 Å². The maximum absolute atomic E-state index is 10.4. The van der Waals surface area contributed by atoms with Crippen LogP contribution in [0.4, 0.5) is 0 Å². The fourth-order valence-electron chi connectivity index (χ4n) is 2.56. The van der Waals surface area contributed by atoms with Gasteiger partial charge in [0.15, 0.2) is 0 Å². The normalized spacial score (nSPS) is 12.6. The van der Waals surface area contributed by atoms with E-state index in [1.54, 1.807) is 12.1 Å². The molecule has 0 aliphatic carbocycles. The van der Waals surface area contributed by atoms with Gasteiger partial charge in [-0.15, -0.1) is 0 Å². The molecule has 35 heavy (non-hydrogen) atoms. The van der Waals surface area contributed by atoms with E-state index in [9.17, 15) is 14.4 Å². The second-order valence-corrected chi connectivity index (χ2v) is 7.68. The van der Waals surface area contributed by atoms with Crippen LogP contribution in [0.1, 0.15) is 30.4 Å². The number of phenols is 1. The molecule has 0 spiro atoms. The summed E-state index contributed by atoms with van der Waals surface area (Å²) < 4.78 is 0. The van der Waals surface area contributed by atoms with E-state index in [2.05, 4.69) is 0 Å². The van der Waals surface area contributed by atoms with Crippen LogP contribution in [0.5, 0.6) is 5.75 Å². The van der Waals surface area contributed by atoms with Crippen molar-refractivity contribution in [2.24, 2.45) is 22.9 Å². The van der Waals surface area contributed by atoms with Crippen molar-refractivity contribution in [3.63, 3.8) is 0 Å².